The van der Waals surface area contributed by atoms with Gasteiger partial charge in [0.05, 0.1) is 11.4 Å². The number of fused-ring (bicyclic) bond motifs is 1. The smallest absolute Gasteiger partial charge is 0.410 e. The Bertz CT molecular complexity index is 1370. The van der Waals surface area contributed by atoms with Crippen molar-refractivity contribution in [1.82, 2.24) is 34.8 Å². The first kappa shape index (κ1) is 22.8. The normalized spacial score (nSPS) is 16.6. The number of anilines is 1. The molecule has 11 heteroatoms. The van der Waals surface area contributed by atoms with E-state index in [9.17, 15) is 4.79 Å². The molecule has 0 aliphatic carbocycles. The fourth-order valence-corrected chi connectivity index (χ4v) is 4.29. The van der Waals surface area contributed by atoms with Crippen LogP contribution in [-0.2, 0) is 4.74 Å². The first-order valence-corrected chi connectivity index (χ1v) is 11.6. The summed E-state index contributed by atoms with van der Waals surface area (Å²) in [4.78, 5) is 27.4. The Morgan fingerprint density at radius 1 is 1.17 bits per heavy atom. The van der Waals surface area contributed by atoms with Crippen molar-refractivity contribution in [2.24, 2.45) is 0 Å². The molecule has 0 radical (unpaired) electrons. The largest absolute Gasteiger partial charge is 0.444 e. The number of nitrogen functional groups attached to an aromatic ring is 1. The van der Waals surface area contributed by atoms with Gasteiger partial charge in [-0.3, -0.25) is 0 Å². The van der Waals surface area contributed by atoms with Gasteiger partial charge in [0.15, 0.2) is 5.65 Å². The number of hydrogen-bond donors (Lipinski definition) is 1. The van der Waals surface area contributed by atoms with Gasteiger partial charge in [-0.1, -0.05) is 29.4 Å². The van der Waals surface area contributed by atoms with Crippen LogP contribution in [0.4, 0.5) is 10.6 Å². The molecule has 11 nitrogen and oxygen atoms in total. The summed E-state index contributed by atoms with van der Waals surface area (Å²) in [5.74, 6) is 1.39. The van der Waals surface area contributed by atoms with E-state index in [1.54, 1.807) is 11.8 Å². The lowest BCUT2D eigenvalue weighted by Gasteiger charge is -2.34. The van der Waals surface area contributed by atoms with Crippen LogP contribution in [0.1, 0.15) is 45.5 Å². The van der Waals surface area contributed by atoms with Gasteiger partial charge in [0.2, 0.25) is 11.7 Å². The molecular weight excluding hydrogens is 448 g/mol. The molecule has 4 heterocycles. The lowest BCUT2D eigenvalue weighted by atomic mass is 10.1. The molecule has 1 saturated heterocycles. The summed E-state index contributed by atoms with van der Waals surface area (Å²) in [5, 5.41) is 9.58. The van der Waals surface area contributed by atoms with Crippen molar-refractivity contribution in [2.45, 2.75) is 52.2 Å². The Labute approximate surface area is 202 Å². The average Bonchev–Trinajstić information content (AvgIpc) is 3.43. The molecule has 0 bridgehead atoms. The Morgan fingerprint density at radius 3 is 2.60 bits per heavy atom. The van der Waals surface area contributed by atoms with Crippen LogP contribution in [0.15, 0.2) is 35.1 Å². The van der Waals surface area contributed by atoms with Crippen LogP contribution in [0.25, 0.3) is 33.7 Å². The summed E-state index contributed by atoms with van der Waals surface area (Å²) in [6.45, 7) is 8.47. The SMILES string of the molecule is Cc1nc(-c2ccc(-c3nn(C4CCCN(C(=O)OC(C)(C)C)C4)c4ncnc(N)c34)cc2)no1. The van der Waals surface area contributed by atoms with Crippen LogP contribution in [0.3, 0.4) is 0 Å². The van der Waals surface area contributed by atoms with Gasteiger partial charge in [0.25, 0.3) is 0 Å². The van der Waals surface area contributed by atoms with Crippen molar-refractivity contribution in [1.29, 1.82) is 0 Å². The molecule has 1 atom stereocenters. The van der Waals surface area contributed by atoms with Crippen LogP contribution in [0.5, 0.6) is 0 Å². The van der Waals surface area contributed by atoms with Gasteiger partial charge >= 0.3 is 6.09 Å². The number of ether oxygens (including phenoxy) is 1. The van der Waals surface area contributed by atoms with E-state index >= 15 is 0 Å². The Kier molecular flexibility index (Phi) is 5.62. The minimum Gasteiger partial charge on any atom is -0.444 e. The number of aromatic nitrogens is 6. The van der Waals surface area contributed by atoms with Crippen molar-refractivity contribution in [3.05, 3.63) is 36.5 Å². The minimum atomic E-state index is -0.552. The topological polar surface area (TPSA) is 138 Å². The van der Waals surface area contributed by atoms with E-state index in [-0.39, 0.29) is 12.1 Å². The fourth-order valence-electron chi connectivity index (χ4n) is 4.29. The minimum absolute atomic E-state index is 0.0663. The van der Waals surface area contributed by atoms with E-state index in [2.05, 4.69) is 20.1 Å². The van der Waals surface area contributed by atoms with E-state index in [4.69, 9.17) is 20.1 Å². The number of nitrogens with two attached hydrogens (primary N) is 1. The van der Waals surface area contributed by atoms with Crippen LogP contribution in [0, 0.1) is 6.92 Å². The second-order valence-electron chi connectivity index (χ2n) is 9.69. The number of hydrogen-bond acceptors (Lipinski definition) is 9. The first-order chi connectivity index (χ1) is 16.7. The molecule has 1 unspecified atom stereocenters. The third-order valence-corrected chi connectivity index (χ3v) is 5.86. The maximum atomic E-state index is 12.7. The van der Waals surface area contributed by atoms with E-state index < -0.39 is 5.60 Å². The molecule has 2 N–H and O–H groups in total. The van der Waals surface area contributed by atoms with E-state index in [1.165, 1.54) is 6.33 Å². The van der Waals surface area contributed by atoms with Crippen molar-refractivity contribution in [3.8, 4) is 22.6 Å². The van der Waals surface area contributed by atoms with Crippen LogP contribution >= 0.6 is 0 Å². The molecule has 1 amide bonds. The standard InChI is InChI=1S/C24H28N8O3/c1-14-28-21(30-35-14)16-9-7-15(8-10-16)19-18-20(25)26-13-27-22(18)32(29-19)17-6-5-11-31(12-17)23(33)34-24(2,3)4/h7-10,13,17H,5-6,11-12H2,1-4H3,(H2,25,26,27). The van der Waals surface area contributed by atoms with E-state index in [0.717, 1.165) is 24.0 Å². The summed E-state index contributed by atoms with van der Waals surface area (Å²) in [7, 11) is 0. The van der Waals surface area contributed by atoms with Gasteiger partial charge in [0, 0.05) is 31.1 Å². The highest BCUT2D eigenvalue weighted by atomic mass is 16.6. The lowest BCUT2D eigenvalue weighted by Crippen LogP contribution is -2.43. The predicted octanol–water partition coefficient (Wildman–Crippen LogP) is 4.01. The van der Waals surface area contributed by atoms with E-state index in [1.807, 2.05) is 49.7 Å². The van der Waals surface area contributed by atoms with Gasteiger partial charge in [-0.25, -0.2) is 19.4 Å². The Hall–Kier alpha value is -4.02. The molecule has 1 aliphatic heterocycles. The molecular formula is C24H28N8O3. The number of carbonyl (C=O) groups excluding carboxylic acids is 1. The molecule has 0 spiro atoms. The van der Waals surface area contributed by atoms with Crippen LogP contribution in [-0.4, -0.2) is 59.6 Å². The summed E-state index contributed by atoms with van der Waals surface area (Å²) in [6, 6.07) is 7.63. The second kappa shape index (κ2) is 8.64. The van der Waals surface area contributed by atoms with Gasteiger partial charge in [-0.15, -0.1) is 0 Å². The zero-order chi connectivity index (χ0) is 24.7. The van der Waals surface area contributed by atoms with Crippen LogP contribution < -0.4 is 5.73 Å². The van der Waals surface area contributed by atoms with Crippen LogP contribution in [0.2, 0.25) is 0 Å². The molecule has 0 saturated carbocycles. The van der Waals surface area contributed by atoms with Crippen molar-refractivity contribution in [3.63, 3.8) is 0 Å². The summed E-state index contributed by atoms with van der Waals surface area (Å²) in [6.07, 6.45) is 2.81. The predicted molar refractivity (Wildman–Crippen MR) is 129 cm³/mol. The number of benzene rings is 1. The number of carbonyl (C=O) groups is 1. The molecule has 182 valence electrons. The number of rotatable bonds is 3. The maximum Gasteiger partial charge on any atom is 0.410 e. The number of likely N-dealkylation sites (tertiary alicyclic amines) is 1. The highest BCUT2D eigenvalue weighted by molar-refractivity contribution is 5.98. The number of nitrogens with zero attached hydrogens (tertiary/aromatic N) is 7. The van der Waals surface area contributed by atoms with Gasteiger partial charge in [-0.05, 0) is 33.6 Å². The molecule has 1 aromatic carbocycles. The number of aryl methyl sites for hydroxylation is 1. The fraction of sp³-hybridized carbons (Fsp3) is 0.417. The number of amides is 1. The molecule has 4 aromatic rings. The molecule has 3 aromatic heterocycles. The third kappa shape index (κ3) is 4.53. The maximum absolute atomic E-state index is 12.7. The average molecular weight is 477 g/mol. The van der Waals surface area contributed by atoms with Gasteiger partial charge in [0.1, 0.15) is 23.4 Å². The Balaban J connectivity index is 1.49. The lowest BCUT2D eigenvalue weighted by molar-refractivity contribution is 0.0169. The quantitative estimate of drug-likeness (QED) is 0.465. The molecule has 1 fully saturated rings. The molecule has 1 aliphatic rings. The monoisotopic (exact) mass is 476 g/mol. The highest BCUT2D eigenvalue weighted by Crippen LogP contribution is 2.34. The summed E-state index contributed by atoms with van der Waals surface area (Å²) >= 11 is 0. The van der Waals surface area contributed by atoms with Gasteiger partial charge in [-0.2, -0.15) is 10.1 Å². The summed E-state index contributed by atoms with van der Waals surface area (Å²) < 4.78 is 12.5. The number of piperidine rings is 1. The van der Waals surface area contributed by atoms with Crippen molar-refractivity contribution >= 4 is 22.9 Å². The first-order valence-electron chi connectivity index (χ1n) is 11.6. The highest BCUT2D eigenvalue weighted by Gasteiger charge is 2.31. The Morgan fingerprint density at radius 2 is 1.91 bits per heavy atom. The third-order valence-electron chi connectivity index (χ3n) is 5.86. The van der Waals surface area contributed by atoms with Crippen molar-refractivity contribution in [2.75, 3.05) is 18.8 Å². The zero-order valence-corrected chi connectivity index (χ0v) is 20.2. The molecule has 5 rings (SSSR count). The van der Waals surface area contributed by atoms with Gasteiger partial charge < -0.3 is 19.9 Å². The van der Waals surface area contributed by atoms with Crippen molar-refractivity contribution < 1.29 is 14.1 Å². The summed E-state index contributed by atoms with van der Waals surface area (Å²) in [5.41, 5.74) is 8.75. The molecule has 35 heavy (non-hydrogen) atoms. The zero-order valence-electron chi connectivity index (χ0n) is 20.2. The second-order valence-corrected chi connectivity index (χ2v) is 9.69. The van der Waals surface area contributed by atoms with E-state index in [0.29, 0.717) is 47.3 Å².